The summed E-state index contributed by atoms with van der Waals surface area (Å²) < 4.78 is 30.0. The molecule has 0 spiro atoms. The number of nitrogens with one attached hydrogen (secondary N) is 1. The minimum atomic E-state index is -3.56. The van der Waals surface area contributed by atoms with E-state index in [1.165, 1.54) is 64.2 Å². The lowest BCUT2D eigenvalue weighted by molar-refractivity contribution is 0.0710. The first-order chi connectivity index (χ1) is 14.6. The smallest absolute Gasteiger partial charge is 0.395 e. The van der Waals surface area contributed by atoms with Crippen LogP contribution >= 0.6 is 7.82 Å². The number of aliphatic hydroxyl groups excluding tert-OH is 1. The molecule has 0 saturated carbocycles. The standard InChI is InChI=1S/C23H50NO5P/c1-4-7-9-11-13-15-17-23(18-16-14-12-10-8-5-2)29-30(26,27-6-3)28-22-20-24-19-21-25/h23-25H,4-22H2,1-3H3. The fraction of sp³-hybridized carbons (Fsp3) is 1.00. The average molecular weight is 452 g/mol. The van der Waals surface area contributed by atoms with Gasteiger partial charge in [-0.05, 0) is 19.8 Å². The molecular weight excluding hydrogens is 401 g/mol. The van der Waals surface area contributed by atoms with Crippen molar-refractivity contribution >= 4 is 7.82 Å². The predicted molar refractivity (Wildman–Crippen MR) is 126 cm³/mol. The van der Waals surface area contributed by atoms with Gasteiger partial charge < -0.3 is 10.4 Å². The van der Waals surface area contributed by atoms with Crippen molar-refractivity contribution in [2.24, 2.45) is 0 Å². The van der Waals surface area contributed by atoms with E-state index in [0.717, 1.165) is 25.7 Å². The predicted octanol–water partition coefficient (Wildman–Crippen LogP) is 6.62. The minimum Gasteiger partial charge on any atom is -0.395 e. The van der Waals surface area contributed by atoms with Crippen LogP contribution in [0.2, 0.25) is 0 Å². The third-order valence-corrected chi connectivity index (χ3v) is 6.77. The molecule has 7 heteroatoms. The van der Waals surface area contributed by atoms with Gasteiger partial charge in [-0.2, -0.15) is 0 Å². The van der Waals surface area contributed by atoms with Crippen molar-refractivity contribution in [1.29, 1.82) is 0 Å². The maximum absolute atomic E-state index is 13.1. The van der Waals surface area contributed by atoms with Crippen molar-refractivity contribution in [3.63, 3.8) is 0 Å². The molecule has 0 aromatic carbocycles. The Morgan fingerprint density at radius 1 is 0.767 bits per heavy atom. The summed E-state index contributed by atoms with van der Waals surface area (Å²) in [5.74, 6) is 0. The summed E-state index contributed by atoms with van der Waals surface area (Å²) in [6.45, 7) is 7.85. The minimum absolute atomic E-state index is 0.0677. The zero-order valence-corrected chi connectivity index (χ0v) is 20.9. The number of rotatable bonds is 24. The first-order valence-electron chi connectivity index (χ1n) is 12.5. The molecule has 1 unspecified atom stereocenters. The number of phosphoric acid groups is 1. The van der Waals surface area contributed by atoms with Crippen LogP contribution in [0.5, 0.6) is 0 Å². The van der Waals surface area contributed by atoms with E-state index in [0.29, 0.717) is 19.7 Å². The van der Waals surface area contributed by atoms with Gasteiger partial charge in [0.05, 0.1) is 25.9 Å². The zero-order valence-electron chi connectivity index (χ0n) is 20.0. The number of hydrogen-bond donors (Lipinski definition) is 2. The first kappa shape index (κ1) is 30.0. The molecule has 30 heavy (non-hydrogen) atoms. The molecule has 0 heterocycles. The van der Waals surface area contributed by atoms with E-state index in [4.69, 9.17) is 18.7 Å². The molecule has 2 N–H and O–H groups in total. The molecule has 0 fully saturated rings. The summed E-state index contributed by atoms with van der Waals surface area (Å²) in [4.78, 5) is 0. The lowest BCUT2D eigenvalue weighted by Crippen LogP contribution is -2.23. The number of hydrogen-bond acceptors (Lipinski definition) is 6. The van der Waals surface area contributed by atoms with E-state index in [-0.39, 0.29) is 19.3 Å². The fourth-order valence-electron chi connectivity index (χ4n) is 3.43. The van der Waals surface area contributed by atoms with Crippen LogP contribution in [0.1, 0.15) is 111 Å². The molecule has 0 aliphatic heterocycles. The van der Waals surface area contributed by atoms with Gasteiger partial charge in [0.1, 0.15) is 0 Å². The van der Waals surface area contributed by atoms with Gasteiger partial charge in [0.2, 0.25) is 0 Å². The van der Waals surface area contributed by atoms with E-state index < -0.39 is 7.82 Å². The van der Waals surface area contributed by atoms with Crippen LogP contribution in [-0.4, -0.2) is 44.1 Å². The molecule has 0 radical (unpaired) electrons. The Balaban J connectivity index is 4.52. The highest BCUT2D eigenvalue weighted by Crippen LogP contribution is 2.51. The Bertz CT molecular complexity index is 382. The van der Waals surface area contributed by atoms with E-state index in [2.05, 4.69) is 19.2 Å². The van der Waals surface area contributed by atoms with Gasteiger partial charge in [-0.3, -0.25) is 13.6 Å². The normalized spacial score (nSPS) is 13.8. The summed E-state index contributed by atoms with van der Waals surface area (Å²) in [7, 11) is -3.56. The molecule has 0 amide bonds. The van der Waals surface area contributed by atoms with Crippen molar-refractivity contribution in [1.82, 2.24) is 5.32 Å². The SMILES string of the molecule is CCCCCCCCC(CCCCCCCC)OP(=O)(OCC)OCCNCCO. The highest BCUT2D eigenvalue weighted by molar-refractivity contribution is 7.48. The summed E-state index contributed by atoms with van der Waals surface area (Å²) in [5.41, 5.74) is 0. The molecule has 0 bridgehead atoms. The van der Waals surface area contributed by atoms with Crippen molar-refractivity contribution in [2.45, 2.75) is 117 Å². The van der Waals surface area contributed by atoms with E-state index >= 15 is 0 Å². The number of phosphoric ester groups is 1. The summed E-state index contributed by atoms with van der Waals surface area (Å²) in [6.07, 6.45) is 16.5. The maximum Gasteiger partial charge on any atom is 0.475 e. The summed E-state index contributed by atoms with van der Waals surface area (Å²) in [6, 6.07) is 0. The van der Waals surface area contributed by atoms with Crippen LogP contribution in [-0.2, 0) is 18.1 Å². The second kappa shape index (κ2) is 22.2. The van der Waals surface area contributed by atoms with Crippen molar-refractivity contribution in [3.8, 4) is 0 Å². The Kier molecular flexibility index (Phi) is 22.3. The molecular formula is C23H50NO5P. The first-order valence-corrected chi connectivity index (χ1v) is 14.0. The summed E-state index contributed by atoms with van der Waals surface area (Å²) >= 11 is 0. The molecule has 0 saturated heterocycles. The molecule has 0 aliphatic carbocycles. The van der Waals surface area contributed by atoms with Gasteiger partial charge in [0.25, 0.3) is 0 Å². The van der Waals surface area contributed by atoms with Crippen LogP contribution in [0.15, 0.2) is 0 Å². The molecule has 0 aromatic heterocycles. The van der Waals surface area contributed by atoms with Gasteiger partial charge in [-0.25, -0.2) is 4.57 Å². The third-order valence-electron chi connectivity index (χ3n) is 5.14. The lowest BCUT2D eigenvalue weighted by Gasteiger charge is -2.24. The van der Waals surface area contributed by atoms with Crippen LogP contribution in [0.3, 0.4) is 0 Å². The maximum atomic E-state index is 13.1. The van der Waals surface area contributed by atoms with E-state index in [9.17, 15) is 4.57 Å². The molecule has 1 atom stereocenters. The highest BCUT2D eigenvalue weighted by atomic mass is 31.2. The van der Waals surface area contributed by atoms with Gasteiger partial charge in [-0.1, -0.05) is 90.9 Å². The van der Waals surface area contributed by atoms with Crippen LogP contribution < -0.4 is 5.32 Å². The van der Waals surface area contributed by atoms with Crippen LogP contribution in [0.4, 0.5) is 0 Å². The highest BCUT2D eigenvalue weighted by Gasteiger charge is 2.30. The quantitative estimate of drug-likeness (QED) is 0.127. The summed E-state index contributed by atoms with van der Waals surface area (Å²) in [5, 5.41) is 11.8. The van der Waals surface area contributed by atoms with Crippen LogP contribution in [0.25, 0.3) is 0 Å². The van der Waals surface area contributed by atoms with E-state index in [1.807, 2.05) is 0 Å². The number of unbranched alkanes of at least 4 members (excludes halogenated alkanes) is 10. The van der Waals surface area contributed by atoms with E-state index in [1.54, 1.807) is 6.92 Å². The second-order valence-corrected chi connectivity index (χ2v) is 9.63. The Hall–Kier alpha value is 0.0300. The Labute approximate surface area is 186 Å². The molecule has 0 aromatic rings. The number of aliphatic hydroxyl groups is 1. The zero-order chi connectivity index (χ0) is 22.3. The lowest BCUT2D eigenvalue weighted by atomic mass is 10.0. The van der Waals surface area contributed by atoms with Gasteiger partial charge in [0.15, 0.2) is 0 Å². The molecule has 0 aliphatic rings. The monoisotopic (exact) mass is 451 g/mol. The van der Waals surface area contributed by atoms with Crippen LogP contribution in [0, 0.1) is 0 Å². The van der Waals surface area contributed by atoms with Crippen molar-refractivity contribution in [2.75, 3.05) is 32.9 Å². The van der Waals surface area contributed by atoms with Gasteiger partial charge in [0, 0.05) is 13.1 Å². The topological polar surface area (TPSA) is 77.0 Å². The average Bonchev–Trinajstić information content (AvgIpc) is 2.73. The van der Waals surface area contributed by atoms with Gasteiger partial charge in [-0.15, -0.1) is 0 Å². The largest absolute Gasteiger partial charge is 0.475 e. The van der Waals surface area contributed by atoms with Crippen molar-refractivity contribution in [3.05, 3.63) is 0 Å². The molecule has 0 rings (SSSR count). The Morgan fingerprint density at radius 3 is 1.80 bits per heavy atom. The third kappa shape index (κ3) is 18.8. The fourth-order valence-corrected chi connectivity index (χ4v) is 4.83. The molecule has 182 valence electrons. The second-order valence-electron chi connectivity index (χ2n) is 8.01. The van der Waals surface area contributed by atoms with Crippen molar-refractivity contribution < 1.29 is 23.2 Å². The van der Waals surface area contributed by atoms with Gasteiger partial charge >= 0.3 is 7.82 Å². The molecule has 6 nitrogen and oxygen atoms in total. The Morgan fingerprint density at radius 2 is 1.30 bits per heavy atom.